The highest BCUT2D eigenvalue weighted by Gasteiger charge is 1.99. The predicted octanol–water partition coefficient (Wildman–Crippen LogP) is -0.206. The summed E-state index contributed by atoms with van der Waals surface area (Å²) in [6.07, 6.45) is 0.916. The molecule has 0 bridgehead atoms. The lowest BCUT2D eigenvalue weighted by Crippen LogP contribution is -2.42. The molecule has 0 aromatic carbocycles. The van der Waals surface area contributed by atoms with Crippen molar-refractivity contribution in [3.05, 3.63) is 0 Å². The maximum atomic E-state index is 5.31. The Bertz CT molecular complexity index is 149. The Hall–Kier alpha value is -0.810. The van der Waals surface area contributed by atoms with Crippen LogP contribution in [0.25, 0.3) is 0 Å². The number of guanidine groups is 1. The third-order valence-corrected chi connectivity index (χ3v) is 1.73. The van der Waals surface area contributed by atoms with Crippen LogP contribution < -0.4 is 11.3 Å². The van der Waals surface area contributed by atoms with Crippen LogP contribution in [0.15, 0.2) is 4.99 Å². The van der Waals surface area contributed by atoms with Crippen molar-refractivity contribution in [3.63, 3.8) is 0 Å². The third-order valence-electron chi connectivity index (χ3n) is 1.73. The van der Waals surface area contributed by atoms with Crippen LogP contribution >= 0.6 is 0 Å². The molecule has 0 rings (SSSR count). The van der Waals surface area contributed by atoms with E-state index in [2.05, 4.69) is 10.4 Å². The van der Waals surface area contributed by atoms with Crippen LogP contribution in [0.3, 0.4) is 0 Å². The highest BCUT2D eigenvalue weighted by Crippen LogP contribution is 1.87. The maximum Gasteiger partial charge on any atom is 0.208 e. The van der Waals surface area contributed by atoms with Gasteiger partial charge in [-0.3, -0.25) is 10.4 Å². The largest absolute Gasteiger partial charge is 0.385 e. The maximum absolute atomic E-state index is 5.31. The normalized spacial score (nSPS) is 11.5. The summed E-state index contributed by atoms with van der Waals surface area (Å²) in [5.41, 5.74) is 2.56. The van der Waals surface area contributed by atoms with Crippen molar-refractivity contribution < 1.29 is 4.74 Å². The number of nitrogens with zero attached hydrogens (tertiary/aromatic N) is 2. The van der Waals surface area contributed by atoms with E-state index >= 15 is 0 Å². The molecule has 0 unspecified atom stereocenters. The van der Waals surface area contributed by atoms with Crippen molar-refractivity contribution >= 4 is 5.96 Å². The fourth-order valence-corrected chi connectivity index (χ4v) is 0.820. The Kier molecular flexibility index (Phi) is 7.33. The second-order valence-corrected chi connectivity index (χ2v) is 2.71. The lowest BCUT2D eigenvalue weighted by Gasteiger charge is -2.18. The summed E-state index contributed by atoms with van der Waals surface area (Å²) >= 11 is 0. The summed E-state index contributed by atoms with van der Waals surface area (Å²) in [6, 6.07) is 0. The van der Waals surface area contributed by atoms with Gasteiger partial charge in [-0.2, -0.15) is 0 Å². The molecule has 0 saturated carbocycles. The average Bonchev–Trinajstić information content (AvgIpc) is 2.17. The molecular weight excluding hydrogens is 168 g/mol. The van der Waals surface area contributed by atoms with Gasteiger partial charge in [0.15, 0.2) is 0 Å². The van der Waals surface area contributed by atoms with E-state index in [1.165, 1.54) is 0 Å². The van der Waals surface area contributed by atoms with Crippen molar-refractivity contribution in [1.29, 1.82) is 0 Å². The molecule has 0 heterocycles. The Labute approximate surface area is 79.9 Å². The number of ether oxygens (including phenoxy) is 1. The molecule has 0 aromatic heterocycles. The van der Waals surface area contributed by atoms with Gasteiger partial charge in [0.1, 0.15) is 0 Å². The van der Waals surface area contributed by atoms with Gasteiger partial charge in [0.2, 0.25) is 5.96 Å². The summed E-state index contributed by atoms with van der Waals surface area (Å²) in [6.45, 7) is 4.39. The minimum Gasteiger partial charge on any atom is -0.385 e. The van der Waals surface area contributed by atoms with Crippen molar-refractivity contribution in [2.24, 2.45) is 10.8 Å². The number of nitrogens with two attached hydrogens (primary N) is 1. The van der Waals surface area contributed by atoms with Gasteiger partial charge in [0.05, 0.1) is 0 Å². The van der Waals surface area contributed by atoms with Gasteiger partial charge in [0.25, 0.3) is 0 Å². The molecule has 0 spiro atoms. The van der Waals surface area contributed by atoms with E-state index in [1.54, 1.807) is 7.11 Å². The van der Waals surface area contributed by atoms with Gasteiger partial charge in [-0.15, -0.1) is 0 Å². The first kappa shape index (κ1) is 12.2. The molecule has 5 heteroatoms. The number of methoxy groups -OCH3 is 1. The fraction of sp³-hybridized carbons (Fsp3) is 0.875. The Morgan fingerprint density at radius 1 is 1.62 bits per heavy atom. The molecule has 3 N–H and O–H groups in total. The second-order valence-electron chi connectivity index (χ2n) is 2.71. The molecule has 13 heavy (non-hydrogen) atoms. The van der Waals surface area contributed by atoms with Crippen LogP contribution in [0.5, 0.6) is 0 Å². The van der Waals surface area contributed by atoms with E-state index in [0.717, 1.165) is 32.1 Å². The molecule has 0 radical (unpaired) electrons. The summed E-state index contributed by atoms with van der Waals surface area (Å²) in [5, 5.41) is 0. The molecule has 0 saturated heterocycles. The van der Waals surface area contributed by atoms with E-state index in [9.17, 15) is 0 Å². The van der Waals surface area contributed by atoms with Crippen LogP contribution in [-0.2, 0) is 4.74 Å². The van der Waals surface area contributed by atoms with Crippen molar-refractivity contribution in [2.75, 3.05) is 33.9 Å². The monoisotopic (exact) mass is 188 g/mol. The smallest absolute Gasteiger partial charge is 0.208 e. The van der Waals surface area contributed by atoms with Gasteiger partial charge in [-0.1, -0.05) is 0 Å². The summed E-state index contributed by atoms with van der Waals surface area (Å²) < 4.78 is 4.91. The highest BCUT2D eigenvalue weighted by molar-refractivity contribution is 5.78. The molecule has 0 amide bonds. The second kappa shape index (κ2) is 7.82. The quantitative estimate of drug-likeness (QED) is 0.206. The van der Waals surface area contributed by atoms with E-state index in [-0.39, 0.29) is 0 Å². The Balaban J connectivity index is 3.78. The first-order valence-electron chi connectivity index (χ1n) is 4.47. The molecule has 5 nitrogen and oxygen atoms in total. The molecule has 0 aliphatic rings. The summed E-state index contributed by atoms with van der Waals surface area (Å²) in [7, 11) is 3.62. The van der Waals surface area contributed by atoms with Gasteiger partial charge in [0, 0.05) is 33.9 Å². The van der Waals surface area contributed by atoms with E-state index in [0.29, 0.717) is 0 Å². The first-order chi connectivity index (χ1) is 6.26. The zero-order chi connectivity index (χ0) is 10.1. The lowest BCUT2D eigenvalue weighted by atomic mass is 10.5. The standard InChI is InChI=1S/C8H20N4O/c1-4-12(2)8(11-9)10-6-5-7-13-3/h4-7,9H2,1-3H3,(H,10,11). The molecule has 0 fully saturated rings. The van der Waals surface area contributed by atoms with Crippen LogP contribution in [0, 0.1) is 0 Å². The number of hydrogen-bond acceptors (Lipinski definition) is 3. The zero-order valence-corrected chi connectivity index (χ0v) is 8.71. The molecule has 0 aliphatic carbocycles. The molecule has 78 valence electrons. The third kappa shape index (κ3) is 5.43. The lowest BCUT2D eigenvalue weighted by molar-refractivity contribution is 0.197. The van der Waals surface area contributed by atoms with Crippen LogP contribution in [0.4, 0.5) is 0 Å². The van der Waals surface area contributed by atoms with Gasteiger partial charge >= 0.3 is 0 Å². The summed E-state index contributed by atoms with van der Waals surface area (Å²) in [5.74, 6) is 6.03. The van der Waals surface area contributed by atoms with Gasteiger partial charge in [-0.25, -0.2) is 5.84 Å². The first-order valence-corrected chi connectivity index (χ1v) is 4.47. The van der Waals surface area contributed by atoms with Gasteiger partial charge < -0.3 is 9.64 Å². The minimum absolute atomic E-state index is 0.721. The number of rotatable bonds is 5. The Morgan fingerprint density at radius 3 is 2.77 bits per heavy atom. The number of hydrazine groups is 1. The van der Waals surface area contributed by atoms with Crippen molar-refractivity contribution in [1.82, 2.24) is 10.3 Å². The van der Waals surface area contributed by atoms with Crippen LogP contribution in [-0.4, -0.2) is 44.7 Å². The SMILES string of the molecule is CCN(C)C(=NCCCOC)NN. The van der Waals surface area contributed by atoms with Gasteiger partial charge in [-0.05, 0) is 13.3 Å². The van der Waals surface area contributed by atoms with E-state index in [1.807, 2.05) is 18.9 Å². The molecule has 0 atom stereocenters. The topological polar surface area (TPSA) is 62.9 Å². The fourth-order valence-electron chi connectivity index (χ4n) is 0.820. The molecular formula is C8H20N4O. The predicted molar refractivity (Wildman–Crippen MR) is 54.4 cm³/mol. The zero-order valence-electron chi connectivity index (χ0n) is 8.71. The van der Waals surface area contributed by atoms with E-state index in [4.69, 9.17) is 10.6 Å². The van der Waals surface area contributed by atoms with E-state index < -0.39 is 0 Å². The number of aliphatic imine (C=N–C) groups is 1. The Morgan fingerprint density at radius 2 is 2.31 bits per heavy atom. The summed E-state index contributed by atoms with van der Waals surface area (Å²) in [4.78, 5) is 6.23. The number of hydrogen-bond donors (Lipinski definition) is 2. The average molecular weight is 188 g/mol. The van der Waals surface area contributed by atoms with Crippen molar-refractivity contribution in [3.8, 4) is 0 Å². The number of nitrogens with one attached hydrogen (secondary N) is 1. The molecule has 0 aliphatic heterocycles. The van der Waals surface area contributed by atoms with Crippen LogP contribution in [0.2, 0.25) is 0 Å². The molecule has 0 aromatic rings. The van der Waals surface area contributed by atoms with Crippen molar-refractivity contribution in [2.45, 2.75) is 13.3 Å². The van der Waals surface area contributed by atoms with Crippen LogP contribution in [0.1, 0.15) is 13.3 Å². The minimum atomic E-state index is 0.721. The highest BCUT2D eigenvalue weighted by atomic mass is 16.5.